The number of carbonyl (C=O) groups excluding carboxylic acids is 1. The molecule has 0 bridgehead atoms. The minimum atomic E-state index is -0.782. The van der Waals surface area contributed by atoms with Crippen molar-refractivity contribution in [2.75, 3.05) is 13.7 Å². The number of fused-ring (bicyclic) bond motifs is 1. The first-order chi connectivity index (χ1) is 13.2. The Morgan fingerprint density at radius 3 is 2.36 bits per heavy atom. The topological polar surface area (TPSA) is 84.5 Å². The lowest BCUT2D eigenvalue weighted by Crippen LogP contribution is -2.52. The molecule has 0 saturated carbocycles. The number of hydrogen-bond acceptors (Lipinski definition) is 7. The van der Waals surface area contributed by atoms with E-state index in [1.165, 1.54) is 0 Å². The number of ether oxygens (including phenoxy) is 6. The van der Waals surface area contributed by atoms with Crippen LogP contribution >= 0.6 is 0 Å². The van der Waals surface area contributed by atoms with Crippen LogP contribution in [0.15, 0.2) is 24.3 Å². The van der Waals surface area contributed by atoms with E-state index in [1.54, 1.807) is 31.4 Å². The van der Waals surface area contributed by atoms with Crippen LogP contribution in [0.25, 0.3) is 0 Å². The van der Waals surface area contributed by atoms with Gasteiger partial charge in [0.2, 0.25) is 0 Å². The predicted molar refractivity (Wildman–Crippen MR) is 97.9 cm³/mol. The molecule has 3 fully saturated rings. The Kier molecular flexibility index (Phi) is 4.87. The first kappa shape index (κ1) is 19.6. The molecule has 1 aromatic carbocycles. The number of rotatable bonds is 4. The summed E-state index contributed by atoms with van der Waals surface area (Å²) >= 11 is 0. The summed E-state index contributed by atoms with van der Waals surface area (Å²) in [6.45, 7) is 7.72. The van der Waals surface area contributed by atoms with Crippen molar-refractivity contribution in [1.82, 2.24) is 5.32 Å². The van der Waals surface area contributed by atoms with E-state index in [0.29, 0.717) is 17.9 Å². The molecule has 1 amide bonds. The van der Waals surface area contributed by atoms with Gasteiger partial charge >= 0.3 is 0 Å². The highest BCUT2D eigenvalue weighted by molar-refractivity contribution is 5.94. The van der Waals surface area contributed by atoms with Gasteiger partial charge in [0, 0.05) is 5.56 Å². The number of amides is 1. The van der Waals surface area contributed by atoms with Crippen molar-refractivity contribution in [3.8, 4) is 5.75 Å². The summed E-state index contributed by atoms with van der Waals surface area (Å²) in [6, 6.07) is 6.48. The van der Waals surface area contributed by atoms with E-state index in [4.69, 9.17) is 28.4 Å². The lowest BCUT2D eigenvalue weighted by atomic mass is 10.0. The quantitative estimate of drug-likeness (QED) is 0.835. The van der Waals surface area contributed by atoms with E-state index in [-0.39, 0.29) is 12.0 Å². The van der Waals surface area contributed by atoms with Crippen LogP contribution in [-0.4, -0.2) is 61.8 Å². The SMILES string of the molecule is COc1ccc(C(=O)N[C@H]2[C@H]3OC(C)(C)O[C@H]3O[C@@H]2[C@H]2COC(C)(C)O2)cc1. The Balaban J connectivity index is 1.53. The van der Waals surface area contributed by atoms with Crippen LogP contribution in [0.5, 0.6) is 5.75 Å². The minimum absolute atomic E-state index is 0.228. The molecule has 0 unspecified atom stereocenters. The number of methoxy groups -OCH3 is 1. The summed E-state index contributed by atoms with van der Waals surface area (Å²) in [6.07, 6.45) is -1.80. The zero-order valence-electron chi connectivity index (χ0n) is 16.8. The maximum atomic E-state index is 12.9. The fourth-order valence-electron chi connectivity index (χ4n) is 3.87. The Bertz CT molecular complexity index is 733. The van der Waals surface area contributed by atoms with Gasteiger partial charge in [0.1, 0.15) is 24.1 Å². The second kappa shape index (κ2) is 6.96. The van der Waals surface area contributed by atoms with Crippen LogP contribution < -0.4 is 10.1 Å². The number of nitrogens with one attached hydrogen (secondary N) is 1. The highest BCUT2D eigenvalue weighted by Gasteiger charge is 2.58. The van der Waals surface area contributed by atoms with Crippen molar-refractivity contribution >= 4 is 5.91 Å². The van der Waals surface area contributed by atoms with Crippen LogP contribution in [0.1, 0.15) is 38.1 Å². The van der Waals surface area contributed by atoms with Crippen molar-refractivity contribution in [3.05, 3.63) is 29.8 Å². The van der Waals surface area contributed by atoms with Gasteiger partial charge in [0.15, 0.2) is 17.9 Å². The predicted octanol–water partition coefficient (Wildman–Crippen LogP) is 1.82. The van der Waals surface area contributed by atoms with Gasteiger partial charge in [-0.2, -0.15) is 0 Å². The first-order valence-corrected chi connectivity index (χ1v) is 9.45. The first-order valence-electron chi connectivity index (χ1n) is 9.45. The summed E-state index contributed by atoms with van der Waals surface area (Å²) in [5.74, 6) is -1.02. The molecule has 3 aliphatic rings. The average molecular weight is 393 g/mol. The molecule has 3 heterocycles. The molecule has 4 rings (SSSR count). The monoisotopic (exact) mass is 393 g/mol. The molecule has 8 heteroatoms. The zero-order valence-corrected chi connectivity index (χ0v) is 16.8. The summed E-state index contributed by atoms with van der Waals surface area (Å²) in [5.41, 5.74) is 0.519. The van der Waals surface area contributed by atoms with Crippen molar-refractivity contribution < 1.29 is 33.2 Å². The van der Waals surface area contributed by atoms with Gasteiger partial charge < -0.3 is 33.7 Å². The Morgan fingerprint density at radius 2 is 1.75 bits per heavy atom. The van der Waals surface area contributed by atoms with Crippen LogP contribution in [0.4, 0.5) is 0 Å². The second-order valence-corrected chi connectivity index (χ2v) is 8.16. The van der Waals surface area contributed by atoms with Crippen molar-refractivity contribution in [2.24, 2.45) is 0 Å². The standard InChI is InChI=1S/C20H27NO7/c1-19(2)24-10-13(26-19)15-14(16-18(25-15)28-20(3,4)27-16)21-17(22)11-6-8-12(23-5)9-7-11/h6-9,13-16,18H,10H2,1-5H3,(H,21,22)/t13-,14-,15-,16-,18-/m1/s1. The fourth-order valence-corrected chi connectivity index (χ4v) is 3.87. The fraction of sp³-hybridized carbons (Fsp3) is 0.650. The molecule has 0 radical (unpaired) electrons. The highest BCUT2D eigenvalue weighted by atomic mass is 16.8. The van der Waals surface area contributed by atoms with E-state index in [2.05, 4.69) is 5.32 Å². The minimum Gasteiger partial charge on any atom is -0.497 e. The lowest BCUT2D eigenvalue weighted by molar-refractivity contribution is -0.223. The summed E-state index contributed by atoms with van der Waals surface area (Å²) < 4.78 is 34.8. The maximum absolute atomic E-state index is 12.9. The lowest BCUT2D eigenvalue weighted by Gasteiger charge is -2.29. The maximum Gasteiger partial charge on any atom is 0.251 e. The van der Waals surface area contributed by atoms with Gasteiger partial charge in [0.25, 0.3) is 5.91 Å². The Hall–Kier alpha value is -1.71. The van der Waals surface area contributed by atoms with Gasteiger partial charge in [-0.15, -0.1) is 0 Å². The molecule has 28 heavy (non-hydrogen) atoms. The molecular formula is C20H27NO7. The molecule has 154 valence electrons. The molecule has 0 spiro atoms. The molecule has 3 aliphatic heterocycles. The largest absolute Gasteiger partial charge is 0.497 e. The van der Waals surface area contributed by atoms with Crippen LogP contribution in [-0.2, 0) is 23.7 Å². The van der Waals surface area contributed by atoms with Crippen LogP contribution in [0.2, 0.25) is 0 Å². The van der Waals surface area contributed by atoms with Gasteiger partial charge in [0.05, 0.1) is 19.8 Å². The van der Waals surface area contributed by atoms with Gasteiger partial charge in [-0.3, -0.25) is 4.79 Å². The van der Waals surface area contributed by atoms with Crippen LogP contribution in [0, 0.1) is 0 Å². The van der Waals surface area contributed by atoms with Crippen molar-refractivity contribution in [1.29, 1.82) is 0 Å². The molecule has 3 saturated heterocycles. The molecule has 0 aliphatic carbocycles. The summed E-state index contributed by atoms with van der Waals surface area (Å²) in [5, 5.41) is 3.05. The smallest absolute Gasteiger partial charge is 0.251 e. The molecule has 0 aromatic heterocycles. The molecule has 1 N–H and O–H groups in total. The molecule has 5 atom stereocenters. The number of benzene rings is 1. The molecule has 1 aromatic rings. The average Bonchev–Trinajstić information content (AvgIpc) is 3.25. The van der Waals surface area contributed by atoms with E-state index in [9.17, 15) is 4.79 Å². The van der Waals surface area contributed by atoms with E-state index in [1.807, 2.05) is 27.7 Å². The number of hydrogen-bond donors (Lipinski definition) is 1. The molecule has 8 nitrogen and oxygen atoms in total. The van der Waals surface area contributed by atoms with E-state index >= 15 is 0 Å². The van der Waals surface area contributed by atoms with E-state index < -0.39 is 36.1 Å². The third kappa shape index (κ3) is 3.75. The Morgan fingerprint density at radius 1 is 1.04 bits per heavy atom. The van der Waals surface area contributed by atoms with E-state index in [0.717, 1.165) is 0 Å². The highest BCUT2D eigenvalue weighted by Crippen LogP contribution is 2.40. The van der Waals surface area contributed by atoms with Crippen LogP contribution in [0.3, 0.4) is 0 Å². The third-order valence-electron chi connectivity index (χ3n) is 5.13. The summed E-state index contributed by atoms with van der Waals surface area (Å²) in [7, 11) is 1.58. The zero-order chi connectivity index (χ0) is 20.1. The Labute approximate surface area is 164 Å². The van der Waals surface area contributed by atoms with Gasteiger partial charge in [-0.1, -0.05) is 0 Å². The van der Waals surface area contributed by atoms with Crippen molar-refractivity contribution in [3.63, 3.8) is 0 Å². The number of carbonyl (C=O) groups is 1. The van der Waals surface area contributed by atoms with Gasteiger partial charge in [-0.05, 0) is 52.0 Å². The van der Waals surface area contributed by atoms with Crippen molar-refractivity contribution in [2.45, 2.75) is 69.9 Å². The second-order valence-electron chi connectivity index (χ2n) is 8.16. The van der Waals surface area contributed by atoms with Gasteiger partial charge in [-0.25, -0.2) is 0 Å². The summed E-state index contributed by atoms with van der Waals surface area (Å²) in [4.78, 5) is 12.9. The molecular weight excluding hydrogens is 366 g/mol. The normalized spacial score (nSPS) is 35.5. The third-order valence-corrected chi connectivity index (χ3v) is 5.13.